The van der Waals surface area contributed by atoms with E-state index in [4.69, 9.17) is 15.2 Å². The second kappa shape index (κ2) is 10.6. The summed E-state index contributed by atoms with van der Waals surface area (Å²) in [4.78, 5) is 37.5. The van der Waals surface area contributed by atoms with E-state index in [-0.39, 0.29) is 18.9 Å². The Bertz CT molecular complexity index is 966. The van der Waals surface area contributed by atoms with Crippen LogP contribution in [0, 0.1) is 0 Å². The van der Waals surface area contributed by atoms with Crippen molar-refractivity contribution in [2.75, 3.05) is 13.2 Å². The lowest BCUT2D eigenvalue weighted by Crippen LogP contribution is -2.46. The highest BCUT2D eigenvalue weighted by Crippen LogP contribution is 2.44. The van der Waals surface area contributed by atoms with Crippen molar-refractivity contribution in [2.45, 2.75) is 57.6 Å². The summed E-state index contributed by atoms with van der Waals surface area (Å²) in [6.45, 7) is 5.62. The highest BCUT2D eigenvalue weighted by molar-refractivity contribution is 6.36. The van der Waals surface area contributed by atoms with Gasteiger partial charge in [0.1, 0.15) is 18.2 Å². The van der Waals surface area contributed by atoms with Crippen LogP contribution in [0.25, 0.3) is 11.1 Å². The van der Waals surface area contributed by atoms with Gasteiger partial charge in [-0.2, -0.15) is 0 Å². The molecule has 0 heterocycles. The van der Waals surface area contributed by atoms with Crippen LogP contribution in [-0.2, 0) is 19.1 Å². The van der Waals surface area contributed by atoms with Gasteiger partial charge in [-0.15, -0.1) is 0 Å². The van der Waals surface area contributed by atoms with Crippen molar-refractivity contribution in [2.24, 2.45) is 5.73 Å². The molecule has 0 saturated carbocycles. The van der Waals surface area contributed by atoms with E-state index >= 15 is 0 Å². The van der Waals surface area contributed by atoms with Gasteiger partial charge >= 0.3 is 12.1 Å². The fourth-order valence-electron chi connectivity index (χ4n) is 4.01. The molecule has 1 aliphatic rings. The zero-order valence-electron chi connectivity index (χ0n) is 19.4. The first-order valence-corrected chi connectivity index (χ1v) is 11.3. The molecule has 0 unspecified atom stereocenters. The number of ketones is 1. The standard InChI is InChI=1S/C26H32N2O5/c1-26(2,3)33-24(30)23(29)22(14-8-9-15-27)28-25(31)32-16-21-19-12-6-4-10-17(19)18-11-5-7-13-20(18)21/h4-7,10-13,21-22H,8-9,14-16,27H2,1-3H3,(H,28,31)/t22-/m0/s1. The molecule has 0 aromatic heterocycles. The van der Waals surface area contributed by atoms with Crippen molar-refractivity contribution in [3.8, 4) is 11.1 Å². The SMILES string of the molecule is CC(C)(C)OC(=O)C(=O)[C@H](CCCCN)NC(=O)OCC1c2ccccc2-c2ccccc21. The number of rotatable bonds is 9. The van der Waals surface area contributed by atoms with E-state index in [1.165, 1.54) is 0 Å². The summed E-state index contributed by atoms with van der Waals surface area (Å²) in [7, 11) is 0. The van der Waals surface area contributed by atoms with Gasteiger partial charge in [-0.1, -0.05) is 48.5 Å². The average Bonchev–Trinajstić information content (AvgIpc) is 3.09. The molecule has 7 nitrogen and oxygen atoms in total. The highest BCUT2D eigenvalue weighted by Gasteiger charge is 2.32. The predicted octanol–water partition coefficient (Wildman–Crippen LogP) is 3.93. The summed E-state index contributed by atoms with van der Waals surface area (Å²) < 4.78 is 10.7. The number of amides is 1. The number of nitrogens with two attached hydrogens (primary N) is 1. The lowest BCUT2D eigenvalue weighted by atomic mass is 9.98. The minimum absolute atomic E-state index is 0.0969. The minimum atomic E-state index is -1.03. The Morgan fingerprint density at radius 3 is 2.09 bits per heavy atom. The van der Waals surface area contributed by atoms with Gasteiger partial charge in [-0.05, 0) is 68.8 Å². The van der Waals surface area contributed by atoms with Gasteiger partial charge in [0.05, 0.1) is 0 Å². The van der Waals surface area contributed by atoms with Gasteiger partial charge in [-0.3, -0.25) is 4.79 Å². The van der Waals surface area contributed by atoms with Crippen molar-refractivity contribution in [3.05, 3.63) is 59.7 Å². The van der Waals surface area contributed by atoms with Crippen LogP contribution in [0.3, 0.4) is 0 Å². The molecule has 1 amide bonds. The molecule has 0 spiro atoms. The third kappa shape index (κ3) is 6.20. The van der Waals surface area contributed by atoms with E-state index < -0.39 is 29.5 Å². The molecular formula is C26H32N2O5. The van der Waals surface area contributed by atoms with Gasteiger partial charge in [0, 0.05) is 5.92 Å². The summed E-state index contributed by atoms with van der Waals surface area (Å²) in [6, 6.07) is 15.0. The summed E-state index contributed by atoms with van der Waals surface area (Å²) in [5.74, 6) is -1.87. The quantitative estimate of drug-likeness (QED) is 0.339. The predicted molar refractivity (Wildman–Crippen MR) is 126 cm³/mol. The van der Waals surface area contributed by atoms with Crippen LogP contribution in [0.2, 0.25) is 0 Å². The van der Waals surface area contributed by atoms with E-state index in [2.05, 4.69) is 17.4 Å². The van der Waals surface area contributed by atoms with Gasteiger partial charge in [0.2, 0.25) is 0 Å². The van der Waals surface area contributed by atoms with Gasteiger partial charge in [-0.25, -0.2) is 9.59 Å². The number of unbranched alkanes of at least 4 members (excludes halogenated alkanes) is 1. The Morgan fingerprint density at radius 1 is 0.970 bits per heavy atom. The normalized spacial score (nSPS) is 13.6. The Balaban J connectivity index is 1.66. The maximum Gasteiger partial charge on any atom is 0.407 e. The summed E-state index contributed by atoms with van der Waals surface area (Å²) in [6.07, 6.45) is 0.787. The molecule has 7 heteroatoms. The number of hydrogen-bond donors (Lipinski definition) is 2. The molecule has 0 fully saturated rings. The highest BCUT2D eigenvalue weighted by atomic mass is 16.6. The zero-order valence-corrected chi connectivity index (χ0v) is 19.4. The van der Waals surface area contributed by atoms with Crippen molar-refractivity contribution in [1.29, 1.82) is 0 Å². The summed E-state index contributed by atoms with van der Waals surface area (Å²) in [5.41, 5.74) is 9.18. The second-order valence-corrected chi connectivity index (χ2v) is 9.17. The fraction of sp³-hybridized carbons (Fsp3) is 0.423. The van der Waals surface area contributed by atoms with E-state index in [0.717, 1.165) is 22.3 Å². The van der Waals surface area contributed by atoms with Crippen LogP contribution < -0.4 is 11.1 Å². The number of nitrogens with one attached hydrogen (secondary N) is 1. The van der Waals surface area contributed by atoms with Crippen molar-refractivity contribution in [3.63, 3.8) is 0 Å². The number of hydrogen-bond acceptors (Lipinski definition) is 6. The fourth-order valence-corrected chi connectivity index (χ4v) is 4.01. The smallest absolute Gasteiger partial charge is 0.407 e. The Kier molecular flexibility index (Phi) is 7.87. The number of ether oxygens (including phenoxy) is 2. The van der Waals surface area contributed by atoms with Crippen LogP contribution >= 0.6 is 0 Å². The molecule has 3 N–H and O–H groups in total. The molecule has 0 aliphatic heterocycles. The molecule has 0 bridgehead atoms. The second-order valence-electron chi connectivity index (χ2n) is 9.17. The zero-order chi connectivity index (χ0) is 24.0. The Labute approximate surface area is 194 Å². The number of Topliss-reactive ketones (excluding diaryl/α,β-unsaturated/α-hetero) is 1. The number of benzene rings is 2. The number of carbonyl (C=O) groups is 3. The Morgan fingerprint density at radius 2 is 1.55 bits per heavy atom. The molecule has 1 atom stereocenters. The van der Waals surface area contributed by atoms with Crippen LogP contribution in [-0.4, -0.2) is 42.6 Å². The van der Waals surface area contributed by atoms with E-state index in [1.807, 2.05) is 36.4 Å². The Hall–Kier alpha value is -3.19. The van der Waals surface area contributed by atoms with E-state index in [1.54, 1.807) is 20.8 Å². The maximum absolute atomic E-state index is 12.7. The summed E-state index contributed by atoms with van der Waals surface area (Å²) in [5, 5.41) is 2.56. The molecule has 0 radical (unpaired) electrons. The van der Waals surface area contributed by atoms with Crippen LogP contribution in [0.4, 0.5) is 4.79 Å². The lowest BCUT2D eigenvalue weighted by molar-refractivity contribution is -0.163. The largest absolute Gasteiger partial charge is 0.454 e. The topological polar surface area (TPSA) is 108 Å². The van der Waals surface area contributed by atoms with Crippen molar-refractivity contribution in [1.82, 2.24) is 5.32 Å². The molecule has 0 saturated heterocycles. The molecule has 176 valence electrons. The van der Waals surface area contributed by atoms with Gasteiger partial charge in [0.25, 0.3) is 5.78 Å². The first kappa shape index (κ1) is 24.5. The van der Waals surface area contributed by atoms with Gasteiger partial charge < -0.3 is 20.5 Å². The monoisotopic (exact) mass is 452 g/mol. The maximum atomic E-state index is 12.7. The van der Waals surface area contributed by atoms with Gasteiger partial charge in [0.15, 0.2) is 0 Å². The molecule has 2 aromatic carbocycles. The lowest BCUT2D eigenvalue weighted by Gasteiger charge is -2.22. The first-order valence-electron chi connectivity index (χ1n) is 11.3. The van der Waals surface area contributed by atoms with E-state index in [0.29, 0.717) is 19.4 Å². The number of alkyl carbamates (subject to hydrolysis) is 1. The van der Waals surface area contributed by atoms with E-state index in [9.17, 15) is 14.4 Å². The van der Waals surface area contributed by atoms with Crippen LogP contribution in [0.5, 0.6) is 0 Å². The first-order chi connectivity index (χ1) is 15.7. The third-order valence-corrected chi connectivity index (χ3v) is 5.50. The number of esters is 1. The minimum Gasteiger partial charge on any atom is -0.454 e. The van der Waals surface area contributed by atoms with Crippen molar-refractivity contribution >= 4 is 17.8 Å². The molecular weight excluding hydrogens is 420 g/mol. The van der Waals surface area contributed by atoms with Crippen LogP contribution in [0.15, 0.2) is 48.5 Å². The van der Waals surface area contributed by atoms with Crippen molar-refractivity contribution < 1.29 is 23.9 Å². The summed E-state index contributed by atoms with van der Waals surface area (Å²) >= 11 is 0. The molecule has 1 aliphatic carbocycles. The average molecular weight is 453 g/mol. The number of fused-ring (bicyclic) bond motifs is 3. The third-order valence-electron chi connectivity index (χ3n) is 5.50. The number of carbonyl (C=O) groups excluding carboxylic acids is 3. The molecule has 3 rings (SSSR count). The molecule has 2 aromatic rings. The molecule has 33 heavy (non-hydrogen) atoms. The van der Waals surface area contributed by atoms with Crippen LogP contribution in [0.1, 0.15) is 57.1 Å².